The molecule has 19 heavy (non-hydrogen) atoms. The molecule has 1 fully saturated rings. The van der Waals surface area contributed by atoms with Crippen LogP contribution in [0.2, 0.25) is 0 Å². The second-order valence-corrected chi connectivity index (χ2v) is 4.91. The number of nitrogens with zero attached hydrogens (tertiary/aromatic N) is 1. The monoisotopic (exact) mass is 263 g/mol. The molecule has 1 aromatic rings. The third-order valence-electron chi connectivity index (χ3n) is 3.40. The molecule has 1 aliphatic heterocycles. The topological polar surface area (TPSA) is 38.8 Å². The normalized spacial score (nSPS) is 23.2. The summed E-state index contributed by atoms with van der Waals surface area (Å²) in [5.74, 6) is 0. The lowest BCUT2D eigenvalue weighted by atomic mass is 10.2. The number of rotatable bonds is 3. The summed E-state index contributed by atoms with van der Waals surface area (Å²) in [6.07, 6.45) is 0.786. The Morgan fingerprint density at radius 1 is 1.42 bits per heavy atom. The van der Waals surface area contributed by atoms with E-state index in [2.05, 4.69) is 6.92 Å². The second-order valence-electron chi connectivity index (χ2n) is 4.91. The highest BCUT2D eigenvalue weighted by Crippen LogP contribution is 2.15. The fourth-order valence-electron chi connectivity index (χ4n) is 2.12. The molecule has 0 spiro atoms. The lowest BCUT2D eigenvalue weighted by molar-refractivity contribution is -0.0554. The number of morpholine rings is 1. The van der Waals surface area contributed by atoms with Gasteiger partial charge in [0.05, 0.1) is 25.3 Å². The van der Waals surface area contributed by atoms with Crippen molar-refractivity contribution in [1.82, 2.24) is 4.90 Å². The third-order valence-corrected chi connectivity index (χ3v) is 3.40. The van der Waals surface area contributed by atoms with E-state index in [4.69, 9.17) is 9.47 Å². The SMILES string of the molecule is CC[C@@H]1CN(C(=O)OCc2ccccc2)[C@@H](C)CO1. The Kier molecular flexibility index (Phi) is 4.80. The van der Waals surface area contributed by atoms with Crippen molar-refractivity contribution in [1.29, 1.82) is 0 Å². The number of hydrogen-bond donors (Lipinski definition) is 0. The Balaban J connectivity index is 1.88. The van der Waals surface area contributed by atoms with Crippen LogP contribution < -0.4 is 0 Å². The first-order valence-electron chi connectivity index (χ1n) is 6.79. The predicted molar refractivity (Wildman–Crippen MR) is 72.8 cm³/mol. The second kappa shape index (κ2) is 6.57. The molecule has 0 aliphatic carbocycles. The van der Waals surface area contributed by atoms with Gasteiger partial charge in [0.1, 0.15) is 6.61 Å². The van der Waals surface area contributed by atoms with Gasteiger partial charge in [0.2, 0.25) is 0 Å². The summed E-state index contributed by atoms with van der Waals surface area (Å²) < 4.78 is 11.0. The lowest BCUT2D eigenvalue weighted by Gasteiger charge is -2.36. The van der Waals surface area contributed by atoms with Crippen LogP contribution in [-0.4, -0.2) is 36.3 Å². The van der Waals surface area contributed by atoms with Gasteiger partial charge in [0, 0.05) is 0 Å². The maximum atomic E-state index is 12.1. The molecule has 2 atom stereocenters. The van der Waals surface area contributed by atoms with E-state index >= 15 is 0 Å². The number of carbonyl (C=O) groups excluding carboxylic acids is 1. The largest absolute Gasteiger partial charge is 0.445 e. The number of ether oxygens (including phenoxy) is 2. The van der Waals surface area contributed by atoms with Crippen LogP contribution in [0.25, 0.3) is 0 Å². The smallest absolute Gasteiger partial charge is 0.410 e. The quantitative estimate of drug-likeness (QED) is 0.841. The molecule has 0 unspecified atom stereocenters. The van der Waals surface area contributed by atoms with Crippen LogP contribution in [0.3, 0.4) is 0 Å². The van der Waals surface area contributed by atoms with Crippen molar-refractivity contribution in [3.8, 4) is 0 Å². The standard InChI is InChI=1S/C15H21NO3/c1-3-14-9-16(12(2)10-18-14)15(17)19-11-13-7-5-4-6-8-13/h4-8,12,14H,3,9-11H2,1-2H3/t12-,14+/m0/s1. The summed E-state index contributed by atoms with van der Waals surface area (Å²) in [4.78, 5) is 13.9. The first-order valence-corrected chi connectivity index (χ1v) is 6.79. The van der Waals surface area contributed by atoms with Crippen molar-refractivity contribution in [2.75, 3.05) is 13.2 Å². The molecule has 1 aliphatic rings. The zero-order valence-corrected chi connectivity index (χ0v) is 11.5. The molecule has 0 saturated carbocycles. The molecule has 0 N–H and O–H groups in total. The average molecular weight is 263 g/mol. The van der Waals surface area contributed by atoms with Crippen molar-refractivity contribution in [3.05, 3.63) is 35.9 Å². The third kappa shape index (κ3) is 3.70. The Labute approximate surface area is 114 Å². The molecular formula is C15H21NO3. The van der Waals surface area contributed by atoms with Crippen LogP contribution in [-0.2, 0) is 16.1 Å². The van der Waals surface area contributed by atoms with E-state index in [0.29, 0.717) is 19.8 Å². The van der Waals surface area contributed by atoms with Gasteiger partial charge in [0.25, 0.3) is 0 Å². The van der Waals surface area contributed by atoms with Gasteiger partial charge in [-0.25, -0.2) is 4.79 Å². The van der Waals surface area contributed by atoms with Crippen LogP contribution >= 0.6 is 0 Å². The Morgan fingerprint density at radius 2 is 2.16 bits per heavy atom. The fourth-order valence-corrected chi connectivity index (χ4v) is 2.12. The van der Waals surface area contributed by atoms with Gasteiger partial charge in [0.15, 0.2) is 0 Å². The minimum absolute atomic E-state index is 0.0751. The van der Waals surface area contributed by atoms with Gasteiger partial charge < -0.3 is 14.4 Å². The van der Waals surface area contributed by atoms with Crippen LogP contribution in [0, 0.1) is 0 Å². The summed E-state index contributed by atoms with van der Waals surface area (Å²) in [6, 6.07) is 9.80. The van der Waals surface area contributed by atoms with E-state index in [1.165, 1.54) is 0 Å². The molecule has 1 heterocycles. The van der Waals surface area contributed by atoms with Crippen LogP contribution in [0.5, 0.6) is 0 Å². The first-order chi connectivity index (χ1) is 9.20. The summed E-state index contributed by atoms with van der Waals surface area (Å²) in [5.41, 5.74) is 1.00. The van der Waals surface area contributed by atoms with Crippen LogP contribution in [0.15, 0.2) is 30.3 Å². The van der Waals surface area contributed by atoms with Crippen LogP contribution in [0.1, 0.15) is 25.8 Å². The summed E-state index contributed by atoms with van der Waals surface area (Å²) in [5, 5.41) is 0. The number of carbonyl (C=O) groups is 1. The summed E-state index contributed by atoms with van der Waals surface area (Å²) in [6.45, 7) is 5.56. The lowest BCUT2D eigenvalue weighted by Crippen LogP contribution is -2.50. The molecular weight excluding hydrogens is 242 g/mol. The van der Waals surface area contributed by atoms with E-state index in [-0.39, 0.29) is 18.2 Å². The average Bonchev–Trinajstić information content (AvgIpc) is 2.46. The van der Waals surface area contributed by atoms with Crippen LogP contribution in [0.4, 0.5) is 4.79 Å². The minimum Gasteiger partial charge on any atom is -0.445 e. The van der Waals surface area contributed by atoms with Gasteiger partial charge in [-0.3, -0.25) is 0 Å². The molecule has 1 aromatic carbocycles. The number of benzene rings is 1. The molecule has 1 amide bonds. The maximum absolute atomic E-state index is 12.1. The fraction of sp³-hybridized carbons (Fsp3) is 0.533. The molecule has 2 rings (SSSR count). The molecule has 4 nitrogen and oxygen atoms in total. The number of amides is 1. The van der Waals surface area contributed by atoms with Gasteiger partial charge >= 0.3 is 6.09 Å². The molecule has 0 aromatic heterocycles. The molecule has 4 heteroatoms. The zero-order chi connectivity index (χ0) is 13.7. The Morgan fingerprint density at radius 3 is 2.84 bits per heavy atom. The first kappa shape index (κ1) is 13.9. The Hall–Kier alpha value is -1.55. The van der Waals surface area contributed by atoms with Gasteiger partial charge in [-0.05, 0) is 18.9 Å². The molecule has 0 radical (unpaired) electrons. The van der Waals surface area contributed by atoms with Crippen molar-refractivity contribution in [3.63, 3.8) is 0 Å². The van der Waals surface area contributed by atoms with Gasteiger partial charge in [-0.1, -0.05) is 37.3 Å². The van der Waals surface area contributed by atoms with Crippen molar-refractivity contribution in [2.24, 2.45) is 0 Å². The maximum Gasteiger partial charge on any atom is 0.410 e. The van der Waals surface area contributed by atoms with Crippen molar-refractivity contribution >= 4 is 6.09 Å². The van der Waals surface area contributed by atoms with Crippen molar-refractivity contribution < 1.29 is 14.3 Å². The van der Waals surface area contributed by atoms with E-state index in [0.717, 1.165) is 12.0 Å². The Bertz CT molecular complexity index is 407. The van der Waals surface area contributed by atoms with E-state index in [9.17, 15) is 4.79 Å². The van der Waals surface area contributed by atoms with E-state index < -0.39 is 0 Å². The summed E-state index contributed by atoms with van der Waals surface area (Å²) >= 11 is 0. The predicted octanol–water partition coefficient (Wildman–Crippen LogP) is 2.82. The highest BCUT2D eigenvalue weighted by atomic mass is 16.6. The van der Waals surface area contributed by atoms with Gasteiger partial charge in [-0.2, -0.15) is 0 Å². The summed E-state index contributed by atoms with van der Waals surface area (Å²) in [7, 11) is 0. The number of hydrogen-bond acceptors (Lipinski definition) is 3. The van der Waals surface area contributed by atoms with E-state index in [1.54, 1.807) is 4.90 Å². The highest BCUT2D eigenvalue weighted by molar-refractivity contribution is 5.68. The minimum atomic E-state index is -0.252. The zero-order valence-electron chi connectivity index (χ0n) is 11.5. The van der Waals surface area contributed by atoms with E-state index in [1.807, 2.05) is 37.3 Å². The molecule has 1 saturated heterocycles. The van der Waals surface area contributed by atoms with Gasteiger partial charge in [-0.15, -0.1) is 0 Å². The molecule has 104 valence electrons. The van der Waals surface area contributed by atoms with Crippen molar-refractivity contribution in [2.45, 2.75) is 39.0 Å². The highest BCUT2D eigenvalue weighted by Gasteiger charge is 2.29. The molecule has 0 bridgehead atoms.